The monoisotopic (exact) mass is 377 g/mol. The molecule has 2 heteroatoms. The Balaban J connectivity index is 0.00000176. The van der Waals surface area contributed by atoms with E-state index in [4.69, 9.17) is 0 Å². The van der Waals surface area contributed by atoms with Crippen molar-refractivity contribution in [1.29, 1.82) is 0 Å². The van der Waals surface area contributed by atoms with Crippen LogP contribution in [0.2, 0.25) is 0 Å². The predicted molar refractivity (Wildman–Crippen MR) is 123 cm³/mol. The highest BCUT2D eigenvalue weighted by molar-refractivity contribution is 7.97. The van der Waals surface area contributed by atoms with E-state index in [0.717, 1.165) is 30.5 Å². The summed E-state index contributed by atoms with van der Waals surface area (Å²) in [5.41, 5.74) is 4.79. The molecule has 1 N–H and O–H groups in total. The Bertz CT molecular complexity index is 765. The Hall–Kier alpha value is -2.21. The summed E-state index contributed by atoms with van der Waals surface area (Å²) in [6, 6.07) is 8.35. The molecule has 0 atom stereocenters. The van der Waals surface area contributed by atoms with Crippen LogP contribution in [0.3, 0.4) is 0 Å². The van der Waals surface area contributed by atoms with Gasteiger partial charge in [-0.15, -0.1) is 0 Å². The second kappa shape index (κ2) is 13.9. The van der Waals surface area contributed by atoms with E-state index in [-0.39, 0.29) is 0 Å². The first-order valence-corrected chi connectivity index (χ1v) is 10.4. The largest absolute Gasteiger partial charge is 0.255 e. The molecule has 0 saturated carbocycles. The van der Waals surface area contributed by atoms with Gasteiger partial charge in [0, 0.05) is 22.6 Å². The molecular weight excluding hydrogens is 346 g/mol. The number of allylic oxidation sites excluding steroid dienone is 7. The van der Waals surface area contributed by atoms with Crippen LogP contribution >= 0.6 is 11.9 Å². The smallest absolute Gasteiger partial charge is 0.0313 e. The molecule has 0 heterocycles. The lowest BCUT2D eigenvalue weighted by Gasteiger charge is -2.05. The summed E-state index contributed by atoms with van der Waals surface area (Å²) in [6.07, 6.45) is 14.6. The maximum Gasteiger partial charge on any atom is 0.0313 e. The van der Waals surface area contributed by atoms with Crippen LogP contribution in [0.25, 0.3) is 0 Å². The lowest BCUT2D eigenvalue weighted by molar-refractivity contribution is 0.954. The molecule has 0 amide bonds. The second-order valence-corrected chi connectivity index (χ2v) is 6.83. The molecule has 1 aliphatic carbocycles. The fraction of sp³-hybridized carbons (Fsp3) is 0.280. The third-order valence-corrected chi connectivity index (χ3v) is 4.49. The highest BCUT2D eigenvalue weighted by Crippen LogP contribution is 2.17. The first-order valence-electron chi connectivity index (χ1n) is 9.54. The van der Waals surface area contributed by atoms with E-state index in [2.05, 4.69) is 72.6 Å². The topological polar surface area (TPSA) is 12.0 Å². The molecule has 142 valence electrons. The summed E-state index contributed by atoms with van der Waals surface area (Å²) in [7, 11) is 0. The number of rotatable bonds is 6. The molecule has 0 aromatic heterocycles. The van der Waals surface area contributed by atoms with Crippen LogP contribution in [-0.4, -0.2) is 6.54 Å². The average molecular weight is 378 g/mol. The van der Waals surface area contributed by atoms with E-state index in [1.54, 1.807) is 11.9 Å². The molecule has 1 aromatic rings. The zero-order valence-corrected chi connectivity index (χ0v) is 17.8. The summed E-state index contributed by atoms with van der Waals surface area (Å²) in [5.74, 6) is 6.51. The molecule has 0 radical (unpaired) electrons. The van der Waals surface area contributed by atoms with E-state index in [1.165, 1.54) is 16.0 Å². The molecular formula is C25H31NS. The molecule has 27 heavy (non-hydrogen) atoms. The fourth-order valence-corrected chi connectivity index (χ4v) is 3.11. The first-order chi connectivity index (χ1) is 13.2. The zero-order valence-electron chi connectivity index (χ0n) is 17.0. The highest BCUT2D eigenvalue weighted by Gasteiger charge is 1.99. The summed E-state index contributed by atoms with van der Waals surface area (Å²) in [5, 5.41) is 0. The summed E-state index contributed by atoms with van der Waals surface area (Å²) >= 11 is 1.63. The lowest BCUT2D eigenvalue weighted by atomic mass is 10.0. The van der Waals surface area contributed by atoms with Crippen molar-refractivity contribution >= 4 is 11.9 Å². The molecule has 0 fully saturated rings. The van der Waals surface area contributed by atoms with Crippen LogP contribution in [0.1, 0.15) is 46.1 Å². The van der Waals surface area contributed by atoms with Gasteiger partial charge in [-0.1, -0.05) is 68.2 Å². The Labute approximate surface area is 170 Å². The molecule has 0 saturated heterocycles. The molecule has 2 rings (SSSR count). The average Bonchev–Trinajstić information content (AvgIpc) is 2.69. The summed E-state index contributed by atoms with van der Waals surface area (Å²) in [6.45, 7) is 12.7. The van der Waals surface area contributed by atoms with Crippen molar-refractivity contribution in [3.8, 4) is 11.8 Å². The van der Waals surface area contributed by atoms with Gasteiger partial charge in [0.05, 0.1) is 0 Å². The molecule has 0 unspecified atom stereocenters. The minimum Gasteiger partial charge on any atom is -0.255 e. The number of nitrogens with one attached hydrogen (secondary N) is 1. The van der Waals surface area contributed by atoms with Crippen molar-refractivity contribution in [2.45, 2.75) is 45.4 Å². The Morgan fingerprint density at radius 2 is 1.96 bits per heavy atom. The normalized spacial score (nSPS) is 13.7. The van der Waals surface area contributed by atoms with E-state index < -0.39 is 0 Å². The second-order valence-electron chi connectivity index (χ2n) is 5.86. The van der Waals surface area contributed by atoms with Crippen LogP contribution < -0.4 is 4.72 Å². The highest BCUT2D eigenvalue weighted by atomic mass is 32.2. The van der Waals surface area contributed by atoms with Crippen LogP contribution in [-0.2, 0) is 0 Å². The third-order valence-electron chi connectivity index (χ3n) is 3.69. The number of hydrogen-bond donors (Lipinski definition) is 1. The Kier molecular flexibility index (Phi) is 11.8. The van der Waals surface area contributed by atoms with Gasteiger partial charge in [-0.25, -0.2) is 0 Å². The van der Waals surface area contributed by atoms with Crippen molar-refractivity contribution in [2.75, 3.05) is 6.54 Å². The van der Waals surface area contributed by atoms with Crippen molar-refractivity contribution in [2.24, 2.45) is 0 Å². The maximum absolute atomic E-state index is 3.75. The number of hydrogen-bond acceptors (Lipinski definition) is 2. The van der Waals surface area contributed by atoms with E-state index in [9.17, 15) is 0 Å². The van der Waals surface area contributed by atoms with Crippen molar-refractivity contribution < 1.29 is 0 Å². The zero-order chi connectivity index (χ0) is 19.9. The minimum atomic E-state index is 0.794. The van der Waals surface area contributed by atoms with E-state index in [0.29, 0.717) is 0 Å². The Morgan fingerprint density at radius 1 is 1.22 bits per heavy atom. The summed E-state index contributed by atoms with van der Waals surface area (Å²) in [4.78, 5) is 1.18. The molecule has 0 spiro atoms. The van der Waals surface area contributed by atoms with Gasteiger partial charge >= 0.3 is 0 Å². The molecule has 0 bridgehead atoms. The van der Waals surface area contributed by atoms with Gasteiger partial charge in [0.15, 0.2) is 0 Å². The fourth-order valence-electron chi connectivity index (χ4n) is 2.43. The van der Waals surface area contributed by atoms with Gasteiger partial charge < -0.3 is 0 Å². The van der Waals surface area contributed by atoms with Gasteiger partial charge in [-0.3, -0.25) is 4.72 Å². The van der Waals surface area contributed by atoms with Gasteiger partial charge in [-0.2, -0.15) is 0 Å². The van der Waals surface area contributed by atoms with Gasteiger partial charge in [0.25, 0.3) is 0 Å². The van der Waals surface area contributed by atoms with Gasteiger partial charge in [0.1, 0.15) is 0 Å². The Morgan fingerprint density at radius 3 is 2.59 bits per heavy atom. The van der Waals surface area contributed by atoms with Gasteiger partial charge in [0.2, 0.25) is 0 Å². The van der Waals surface area contributed by atoms with Gasteiger partial charge in [-0.05, 0) is 74.6 Å². The van der Waals surface area contributed by atoms with Crippen LogP contribution in [0.5, 0.6) is 0 Å². The molecule has 0 aliphatic heterocycles. The standard InChI is InChI=1S/C23H25NS.C2H6/c1-4-7-22(8-5-2)18-24-25-23-15-13-20(14-16-23)11-12-21-10-6-9-19(3)17-21;1-2/h4-5,7-8,10,13-17,24H,1,6,9,18H2,2-3H3;1-2H3/b8-5-,22-7+;. The summed E-state index contributed by atoms with van der Waals surface area (Å²) < 4.78 is 3.38. The first kappa shape index (κ1) is 22.8. The quantitative estimate of drug-likeness (QED) is 0.325. The lowest BCUT2D eigenvalue weighted by Crippen LogP contribution is -2.06. The van der Waals surface area contributed by atoms with Crippen LogP contribution in [0.4, 0.5) is 0 Å². The maximum atomic E-state index is 3.75. The molecule has 1 nitrogen and oxygen atoms in total. The van der Waals surface area contributed by atoms with Crippen molar-refractivity contribution in [3.05, 3.63) is 89.6 Å². The van der Waals surface area contributed by atoms with Crippen LogP contribution in [0, 0.1) is 11.8 Å². The third kappa shape index (κ3) is 9.33. The van der Waals surface area contributed by atoms with E-state index >= 15 is 0 Å². The van der Waals surface area contributed by atoms with Crippen molar-refractivity contribution in [1.82, 2.24) is 4.72 Å². The predicted octanol–water partition coefficient (Wildman–Crippen LogP) is 7.02. The van der Waals surface area contributed by atoms with E-state index in [1.807, 2.05) is 39.0 Å². The SMILES string of the molecule is C=C/C=C(\C=C/C)CNSc1ccc(C#CC2=CCCC(C)=C2)cc1.CC. The molecule has 1 aliphatic rings. The minimum absolute atomic E-state index is 0.794. The number of benzene rings is 1. The van der Waals surface area contributed by atoms with Crippen molar-refractivity contribution in [3.63, 3.8) is 0 Å². The molecule has 1 aromatic carbocycles. The van der Waals surface area contributed by atoms with Crippen LogP contribution in [0.15, 0.2) is 88.9 Å².